The van der Waals surface area contributed by atoms with Gasteiger partial charge in [-0.15, -0.1) is 0 Å². The summed E-state index contributed by atoms with van der Waals surface area (Å²) in [4.78, 5) is 0. The molecule has 0 aliphatic heterocycles. The fourth-order valence-electron chi connectivity index (χ4n) is 1.57. The summed E-state index contributed by atoms with van der Waals surface area (Å²) in [7, 11) is 1.76. The van der Waals surface area contributed by atoms with Gasteiger partial charge in [-0.1, -0.05) is 33.1 Å². The number of ether oxygens (including phenoxy) is 1. The summed E-state index contributed by atoms with van der Waals surface area (Å²) in [5.74, 6) is 5.49. The summed E-state index contributed by atoms with van der Waals surface area (Å²) < 4.78 is 5.40. The van der Waals surface area contributed by atoms with E-state index < -0.39 is 0 Å². The number of nitrogens with one attached hydrogen (secondary N) is 1. The van der Waals surface area contributed by atoms with Gasteiger partial charge in [-0.2, -0.15) is 0 Å². The van der Waals surface area contributed by atoms with E-state index in [2.05, 4.69) is 19.3 Å². The molecule has 0 aliphatic rings. The number of unbranched alkanes of at least 4 members (excludes halogenated alkanes) is 1. The van der Waals surface area contributed by atoms with Crippen molar-refractivity contribution in [2.24, 2.45) is 5.84 Å². The van der Waals surface area contributed by atoms with Gasteiger partial charge in [-0.3, -0.25) is 11.3 Å². The van der Waals surface area contributed by atoms with Crippen molar-refractivity contribution < 1.29 is 4.74 Å². The summed E-state index contributed by atoms with van der Waals surface area (Å²) >= 11 is 0. The average molecular weight is 188 g/mol. The minimum atomic E-state index is 0.265. The first-order valence-corrected chi connectivity index (χ1v) is 5.29. The third-order valence-electron chi connectivity index (χ3n) is 2.41. The smallest absolute Gasteiger partial charge is 0.0737 e. The molecular formula is C10H24N2O. The molecule has 0 saturated heterocycles. The van der Waals surface area contributed by atoms with Crippen molar-refractivity contribution in [3.63, 3.8) is 0 Å². The maximum Gasteiger partial charge on any atom is 0.0737 e. The monoisotopic (exact) mass is 188 g/mol. The molecule has 0 heterocycles. The molecule has 0 saturated carbocycles. The molecular weight excluding hydrogens is 164 g/mol. The molecule has 0 rings (SSSR count). The van der Waals surface area contributed by atoms with E-state index in [1.54, 1.807) is 7.11 Å². The summed E-state index contributed by atoms with van der Waals surface area (Å²) in [5.41, 5.74) is 2.85. The molecule has 2 atom stereocenters. The molecule has 2 unspecified atom stereocenters. The van der Waals surface area contributed by atoms with Crippen LogP contribution in [0.15, 0.2) is 0 Å². The normalized spacial score (nSPS) is 15.7. The Morgan fingerprint density at radius 1 is 1.23 bits per heavy atom. The Bertz CT molecular complexity index is 109. The number of hydrogen-bond donors (Lipinski definition) is 2. The molecule has 3 N–H and O–H groups in total. The van der Waals surface area contributed by atoms with E-state index in [1.165, 1.54) is 12.8 Å². The molecule has 0 aromatic rings. The van der Waals surface area contributed by atoms with Gasteiger partial charge in [-0.05, 0) is 12.8 Å². The maximum atomic E-state index is 5.49. The van der Waals surface area contributed by atoms with E-state index in [0.717, 1.165) is 19.3 Å². The van der Waals surface area contributed by atoms with Crippen LogP contribution in [0.25, 0.3) is 0 Å². The summed E-state index contributed by atoms with van der Waals surface area (Å²) in [6, 6.07) is 0.310. The third-order valence-corrected chi connectivity index (χ3v) is 2.41. The topological polar surface area (TPSA) is 47.3 Å². The molecule has 0 bridgehead atoms. The number of hydrogen-bond acceptors (Lipinski definition) is 3. The Morgan fingerprint density at radius 2 is 1.92 bits per heavy atom. The molecule has 0 aromatic heterocycles. The van der Waals surface area contributed by atoms with Gasteiger partial charge in [-0.25, -0.2) is 0 Å². The lowest BCUT2D eigenvalue weighted by Crippen LogP contribution is -2.44. The Labute approximate surface area is 82.0 Å². The van der Waals surface area contributed by atoms with Crippen LogP contribution in [0.3, 0.4) is 0 Å². The minimum Gasteiger partial charge on any atom is -0.380 e. The summed E-state index contributed by atoms with van der Waals surface area (Å²) in [6.07, 6.45) is 6.00. The molecule has 3 heteroatoms. The highest BCUT2D eigenvalue weighted by Gasteiger charge is 2.17. The third kappa shape index (κ3) is 5.24. The van der Waals surface area contributed by atoms with Crippen molar-refractivity contribution in [3.05, 3.63) is 0 Å². The van der Waals surface area contributed by atoms with E-state index in [9.17, 15) is 0 Å². The molecule has 0 aromatic carbocycles. The zero-order valence-electron chi connectivity index (χ0n) is 9.18. The molecule has 80 valence electrons. The van der Waals surface area contributed by atoms with Gasteiger partial charge in [0, 0.05) is 13.2 Å². The van der Waals surface area contributed by atoms with E-state index in [1.807, 2.05) is 0 Å². The van der Waals surface area contributed by atoms with Crippen LogP contribution in [0.2, 0.25) is 0 Å². The van der Waals surface area contributed by atoms with Gasteiger partial charge in [0.25, 0.3) is 0 Å². The van der Waals surface area contributed by atoms with Crippen molar-refractivity contribution in [2.45, 2.75) is 58.1 Å². The Hall–Kier alpha value is -0.120. The fraction of sp³-hybridized carbons (Fsp3) is 1.00. The van der Waals surface area contributed by atoms with E-state index >= 15 is 0 Å². The van der Waals surface area contributed by atoms with Crippen LogP contribution in [-0.4, -0.2) is 19.3 Å². The van der Waals surface area contributed by atoms with Crippen LogP contribution in [0.1, 0.15) is 46.0 Å². The Balaban J connectivity index is 3.84. The minimum absolute atomic E-state index is 0.265. The van der Waals surface area contributed by atoms with E-state index in [-0.39, 0.29) is 6.10 Å². The van der Waals surface area contributed by atoms with Crippen molar-refractivity contribution in [1.82, 2.24) is 5.43 Å². The lowest BCUT2D eigenvalue weighted by atomic mass is 10.0. The van der Waals surface area contributed by atoms with Crippen LogP contribution in [0.5, 0.6) is 0 Å². The number of methoxy groups -OCH3 is 1. The molecule has 0 aliphatic carbocycles. The van der Waals surface area contributed by atoms with Gasteiger partial charge in [0.1, 0.15) is 0 Å². The summed E-state index contributed by atoms with van der Waals surface area (Å²) in [6.45, 7) is 4.36. The zero-order valence-corrected chi connectivity index (χ0v) is 9.18. The largest absolute Gasteiger partial charge is 0.380 e. The van der Waals surface area contributed by atoms with Crippen molar-refractivity contribution >= 4 is 0 Å². The van der Waals surface area contributed by atoms with Gasteiger partial charge < -0.3 is 4.74 Å². The number of hydrazine groups is 1. The molecule has 3 nitrogen and oxygen atoms in total. The predicted octanol–water partition coefficient (Wildman–Crippen LogP) is 1.82. The van der Waals surface area contributed by atoms with Crippen LogP contribution in [0.4, 0.5) is 0 Å². The van der Waals surface area contributed by atoms with Crippen molar-refractivity contribution in [2.75, 3.05) is 7.11 Å². The van der Waals surface area contributed by atoms with Crippen molar-refractivity contribution in [1.29, 1.82) is 0 Å². The first-order valence-electron chi connectivity index (χ1n) is 5.29. The van der Waals surface area contributed by atoms with Crippen LogP contribution >= 0.6 is 0 Å². The lowest BCUT2D eigenvalue weighted by Gasteiger charge is -2.24. The van der Waals surface area contributed by atoms with Crippen molar-refractivity contribution in [3.8, 4) is 0 Å². The summed E-state index contributed by atoms with van der Waals surface area (Å²) in [5, 5.41) is 0. The molecule has 0 radical (unpaired) electrons. The molecule has 0 spiro atoms. The molecule has 0 fully saturated rings. The van der Waals surface area contributed by atoms with Gasteiger partial charge >= 0.3 is 0 Å². The van der Waals surface area contributed by atoms with Crippen LogP contribution < -0.4 is 11.3 Å². The average Bonchev–Trinajstić information content (AvgIpc) is 2.17. The second-order valence-corrected chi connectivity index (χ2v) is 3.48. The fourth-order valence-corrected chi connectivity index (χ4v) is 1.57. The first-order chi connectivity index (χ1) is 6.29. The molecule has 0 amide bonds. The highest BCUT2D eigenvalue weighted by atomic mass is 16.5. The number of rotatable bonds is 8. The second-order valence-electron chi connectivity index (χ2n) is 3.48. The number of nitrogens with two attached hydrogens (primary N) is 1. The van der Waals surface area contributed by atoms with Crippen LogP contribution in [-0.2, 0) is 4.74 Å². The zero-order chi connectivity index (χ0) is 10.1. The van der Waals surface area contributed by atoms with Gasteiger partial charge in [0.2, 0.25) is 0 Å². The highest BCUT2D eigenvalue weighted by molar-refractivity contribution is 4.74. The van der Waals surface area contributed by atoms with Gasteiger partial charge in [0.05, 0.1) is 6.10 Å². The molecule has 13 heavy (non-hydrogen) atoms. The lowest BCUT2D eigenvalue weighted by molar-refractivity contribution is 0.0574. The highest BCUT2D eigenvalue weighted by Crippen LogP contribution is 2.11. The Kier molecular flexibility index (Phi) is 8.40. The second kappa shape index (κ2) is 8.48. The SMILES string of the molecule is CCCCC(NN)C(CCC)OC. The van der Waals surface area contributed by atoms with Crippen LogP contribution in [0, 0.1) is 0 Å². The van der Waals surface area contributed by atoms with E-state index in [0.29, 0.717) is 6.04 Å². The standard InChI is InChI=1S/C10H24N2O/c1-4-6-8-9(12-11)10(13-3)7-5-2/h9-10,12H,4-8,11H2,1-3H3. The quantitative estimate of drug-likeness (QED) is 0.451. The van der Waals surface area contributed by atoms with Gasteiger partial charge in [0.15, 0.2) is 0 Å². The Morgan fingerprint density at radius 3 is 2.31 bits per heavy atom. The van der Waals surface area contributed by atoms with E-state index in [4.69, 9.17) is 10.6 Å². The maximum absolute atomic E-state index is 5.49. The first kappa shape index (κ1) is 12.9. The predicted molar refractivity (Wildman–Crippen MR) is 56.3 cm³/mol.